The maximum absolute atomic E-state index is 13.1. The number of nitrogens with one attached hydrogen (secondary N) is 1. The van der Waals surface area contributed by atoms with Gasteiger partial charge in [-0.1, -0.05) is 35.5 Å². The first kappa shape index (κ1) is 22.0. The zero-order valence-electron chi connectivity index (χ0n) is 17.1. The number of nitrogen functional groups attached to an aromatic ring is 1. The van der Waals surface area contributed by atoms with E-state index in [1.54, 1.807) is 43.3 Å². The molecule has 0 saturated carbocycles. The van der Waals surface area contributed by atoms with Gasteiger partial charge in [-0.15, -0.1) is 5.10 Å². The number of nitrogens with zero attached hydrogens (tertiary/aromatic N) is 6. The Morgan fingerprint density at radius 2 is 2.12 bits per heavy atom. The Kier molecular flexibility index (Phi) is 6.31. The molecule has 0 radical (unpaired) electrons. The van der Waals surface area contributed by atoms with Crippen molar-refractivity contribution in [1.29, 1.82) is 0 Å². The van der Waals surface area contributed by atoms with Gasteiger partial charge in [0.25, 0.3) is 5.91 Å². The zero-order chi connectivity index (χ0) is 23.4. The molecule has 4 aromatic rings. The van der Waals surface area contributed by atoms with Crippen molar-refractivity contribution in [2.45, 2.75) is 6.92 Å². The first-order chi connectivity index (χ1) is 16.0. The number of aromatic nitrogens is 5. The van der Waals surface area contributed by atoms with Crippen LogP contribution in [0.4, 0.5) is 5.82 Å². The second-order valence-electron chi connectivity index (χ2n) is 6.52. The number of ether oxygens (including phenoxy) is 1. The quantitative estimate of drug-likeness (QED) is 0.249. The lowest BCUT2D eigenvalue weighted by Crippen LogP contribution is -2.22. The number of phenolic OH excluding ortho intramolecular Hbond substituents is 1. The van der Waals surface area contributed by atoms with E-state index in [4.69, 9.17) is 10.5 Å². The van der Waals surface area contributed by atoms with E-state index in [0.29, 0.717) is 22.2 Å². The van der Waals surface area contributed by atoms with Crippen LogP contribution in [0.25, 0.3) is 17.1 Å². The number of carbonyl (C=O) groups excluding carboxylic acids is 1. The number of anilines is 1. The molecule has 13 heteroatoms. The van der Waals surface area contributed by atoms with Crippen LogP contribution in [0.1, 0.15) is 23.0 Å². The minimum Gasteiger partial charge on any atom is -0.503 e. The molecule has 1 amide bonds. The minimum absolute atomic E-state index is 0.0163. The number of phenols is 1. The molecule has 12 nitrogen and oxygen atoms in total. The molecule has 4 N–H and O–H groups in total. The topological polar surface area (TPSA) is 167 Å². The highest BCUT2D eigenvalue weighted by atomic mass is 79.9. The highest BCUT2D eigenvalue weighted by Gasteiger charge is 2.25. The van der Waals surface area contributed by atoms with Crippen LogP contribution in [0.5, 0.6) is 11.5 Å². The standard InChI is InChI=1S/C20H17BrN8O4/c1-2-32-14-9-11(8-13(21)17(14)30)10-23-25-20(31)16-15(12-6-4-3-5-7-12)24-28-29(16)19-18(22)26-33-27-19/h3-10,30H,2H2,1H3,(H2,22,26)(H,25,31)/b23-10+. The van der Waals surface area contributed by atoms with Gasteiger partial charge in [0, 0.05) is 5.56 Å². The predicted molar refractivity (Wildman–Crippen MR) is 121 cm³/mol. The van der Waals surface area contributed by atoms with Gasteiger partial charge in [-0.25, -0.2) is 10.1 Å². The van der Waals surface area contributed by atoms with Gasteiger partial charge in [-0.2, -0.15) is 9.78 Å². The third-order valence-electron chi connectivity index (χ3n) is 4.36. The maximum atomic E-state index is 13.1. The summed E-state index contributed by atoms with van der Waals surface area (Å²) < 4.78 is 11.6. The Bertz CT molecular complexity index is 1320. The number of nitrogens with two attached hydrogens (primary N) is 1. The number of aromatic hydroxyl groups is 1. The molecule has 0 atom stereocenters. The molecule has 0 bridgehead atoms. The van der Waals surface area contributed by atoms with E-state index >= 15 is 0 Å². The maximum Gasteiger partial charge on any atom is 0.292 e. The fourth-order valence-electron chi connectivity index (χ4n) is 2.91. The summed E-state index contributed by atoms with van der Waals surface area (Å²) in [6, 6.07) is 12.2. The number of amides is 1. The number of benzene rings is 2. The molecule has 2 aromatic carbocycles. The summed E-state index contributed by atoms with van der Waals surface area (Å²) >= 11 is 3.26. The Balaban J connectivity index is 1.66. The lowest BCUT2D eigenvalue weighted by molar-refractivity contribution is 0.0948. The molecule has 0 fully saturated rings. The third-order valence-corrected chi connectivity index (χ3v) is 4.96. The van der Waals surface area contributed by atoms with Gasteiger partial charge in [-0.3, -0.25) is 4.79 Å². The molecule has 168 valence electrons. The van der Waals surface area contributed by atoms with Crippen LogP contribution in [0, 0.1) is 0 Å². The second kappa shape index (κ2) is 9.48. The van der Waals surface area contributed by atoms with Gasteiger partial charge >= 0.3 is 0 Å². The lowest BCUT2D eigenvalue weighted by atomic mass is 10.1. The number of halogens is 1. The van der Waals surface area contributed by atoms with Gasteiger partial charge in [0.2, 0.25) is 11.6 Å². The Morgan fingerprint density at radius 1 is 1.33 bits per heavy atom. The summed E-state index contributed by atoms with van der Waals surface area (Å²) in [5.41, 5.74) is 9.76. The van der Waals surface area contributed by atoms with Crippen molar-refractivity contribution in [3.8, 4) is 28.6 Å². The van der Waals surface area contributed by atoms with Crippen LogP contribution >= 0.6 is 15.9 Å². The van der Waals surface area contributed by atoms with Crippen LogP contribution in [-0.4, -0.2) is 49.1 Å². The number of hydrogen-bond acceptors (Lipinski definition) is 10. The van der Waals surface area contributed by atoms with Gasteiger partial charge in [-0.05, 0) is 50.9 Å². The van der Waals surface area contributed by atoms with E-state index in [1.165, 1.54) is 6.21 Å². The molecule has 2 heterocycles. The molecule has 0 aliphatic rings. The summed E-state index contributed by atoms with van der Waals surface area (Å²) in [6.45, 7) is 2.17. The fraction of sp³-hybridized carbons (Fsp3) is 0.100. The van der Waals surface area contributed by atoms with Crippen LogP contribution in [-0.2, 0) is 0 Å². The Morgan fingerprint density at radius 3 is 2.82 bits per heavy atom. The first-order valence-corrected chi connectivity index (χ1v) is 10.4. The summed E-state index contributed by atoms with van der Waals surface area (Å²) in [6.07, 6.45) is 1.40. The molecule has 0 unspecified atom stereocenters. The van der Waals surface area contributed by atoms with Crippen molar-refractivity contribution in [2.24, 2.45) is 5.10 Å². The van der Waals surface area contributed by atoms with E-state index in [9.17, 15) is 9.90 Å². The predicted octanol–water partition coefficient (Wildman–Crippen LogP) is 2.53. The Labute approximate surface area is 195 Å². The lowest BCUT2D eigenvalue weighted by Gasteiger charge is -2.08. The molecule has 2 aromatic heterocycles. The van der Waals surface area contributed by atoms with Gasteiger partial charge in [0.1, 0.15) is 5.69 Å². The molecule has 0 saturated heterocycles. The average Bonchev–Trinajstić information content (AvgIpc) is 3.43. The zero-order valence-corrected chi connectivity index (χ0v) is 18.7. The molecular formula is C20H17BrN8O4. The average molecular weight is 513 g/mol. The first-order valence-electron chi connectivity index (χ1n) is 9.57. The van der Waals surface area contributed by atoms with Crippen LogP contribution < -0.4 is 15.9 Å². The van der Waals surface area contributed by atoms with Crippen molar-refractivity contribution in [3.63, 3.8) is 0 Å². The molecular weight excluding hydrogens is 496 g/mol. The summed E-state index contributed by atoms with van der Waals surface area (Å²) in [7, 11) is 0. The van der Waals surface area contributed by atoms with E-state index < -0.39 is 5.91 Å². The van der Waals surface area contributed by atoms with Crippen molar-refractivity contribution in [3.05, 3.63) is 58.2 Å². The highest BCUT2D eigenvalue weighted by molar-refractivity contribution is 9.10. The number of hydrogen-bond donors (Lipinski definition) is 3. The SMILES string of the molecule is CCOc1cc(/C=N/NC(=O)c2c(-c3ccccc3)nnn2-c2nonc2N)cc(Br)c1O. The molecule has 4 rings (SSSR count). The summed E-state index contributed by atoms with van der Waals surface area (Å²) in [5, 5.41) is 29.4. The summed E-state index contributed by atoms with van der Waals surface area (Å²) in [4.78, 5) is 13.1. The van der Waals surface area contributed by atoms with Crippen molar-refractivity contribution in [2.75, 3.05) is 12.3 Å². The van der Waals surface area contributed by atoms with E-state index in [0.717, 1.165) is 4.68 Å². The normalized spacial score (nSPS) is 11.1. The molecule has 33 heavy (non-hydrogen) atoms. The van der Waals surface area contributed by atoms with E-state index in [-0.39, 0.29) is 34.5 Å². The second-order valence-corrected chi connectivity index (χ2v) is 7.37. The van der Waals surface area contributed by atoms with E-state index in [2.05, 4.69) is 51.7 Å². The molecule has 0 aliphatic carbocycles. The third kappa shape index (κ3) is 4.52. The van der Waals surface area contributed by atoms with Crippen LogP contribution in [0.2, 0.25) is 0 Å². The van der Waals surface area contributed by atoms with Crippen LogP contribution in [0.3, 0.4) is 0 Å². The van der Waals surface area contributed by atoms with Crippen molar-refractivity contribution < 1.29 is 19.3 Å². The minimum atomic E-state index is -0.625. The number of rotatable bonds is 7. The molecule has 0 aliphatic heterocycles. The van der Waals surface area contributed by atoms with Crippen molar-refractivity contribution in [1.82, 2.24) is 30.7 Å². The largest absolute Gasteiger partial charge is 0.503 e. The number of hydrazone groups is 1. The monoisotopic (exact) mass is 512 g/mol. The van der Waals surface area contributed by atoms with Gasteiger partial charge in [0.15, 0.2) is 17.2 Å². The van der Waals surface area contributed by atoms with Crippen molar-refractivity contribution >= 4 is 33.9 Å². The van der Waals surface area contributed by atoms with E-state index in [1.807, 2.05) is 6.07 Å². The highest BCUT2D eigenvalue weighted by Crippen LogP contribution is 2.35. The van der Waals surface area contributed by atoms with Crippen LogP contribution in [0.15, 0.2) is 56.7 Å². The number of carbonyl (C=O) groups is 1. The Hall–Kier alpha value is -4.26. The summed E-state index contributed by atoms with van der Waals surface area (Å²) in [5.74, 6) is -0.418. The smallest absolute Gasteiger partial charge is 0.292 e. The van der Waals surface area contributed by atoms with Gasteiger partial charge < -0.3 is 15.6 Å². The fourth-order valence-corrected chi connectivity index (χ4v) is 3.37. The molecule has 0 spiro atoms. The van der Waals surface area contributed by atoms with Gasteiger partial charge in [0.05, 0.1) is 17.3 Å².